The molecule has 1 aliphatic heterocycles. The minimum atomic E-state index is -0.674. The van der Waals surface area contributed by atoms with Gasteiger partial charge in [-0.25, -0.2) is 0 Å². The van der Waals surface area contributed by atoms with Crippen molar-refractivity contribution in [2.45, 2.75) is 6.10 Å². The van der Waals surface area contributed by atoms with Gasteiger partial charge in [-0.15, -0.1) is 0 Å². The topological polar surface area (TPSA) is 64.0 Å². The molecule has 1 aliphatic rings. The number of piperazine rings is 1. The Bertz CT molecular complexity index is 416. The molecule has 0 saturated carbocycles. The monoisotopic (exact) mass is 278 g/mol. The summed E-state index contributed by atoms with van der Waals surface area (Å²) in [6.45, 7) is 4.01. The number of carbonyl (C=O) groups excluding carboxylic acids is 1. The van der Waals surface area contributed by atoms with Crippen molar-refractivity contribution in [2.24, 2.45) is 0 Å². The first kappa shape index (κ1) is 15.1. The predicted octanol–water partition coefficient (Wildman–Crippen LogP) is -0.160. The molecule has 1 fully saturated rings. The Morgan fingerprint density at radius 2 is 1.70 bits per heavy atom. The van der Waals surface area contributed by atoms with E-state index >= 15 is 0 Å². The molecule has 110 valence electrons. The van der Waals surface area contributed by atoms with E-state index < -0.39 is 6.10 Å². The van der Waals surface area contributed by atoms with Crippen LogP contribution in [-0.4, -0.2) is 77.8 Å². The van der Waals surface area contributed by atoms with Gasteiger partial charge < -0.3 is 10.2 Å². The summed E-state index contributed by atoms with van der Waals surface area (Å²) < 4.78 is 0. The van der Waals surface area contributed by atoms with Gasteiger partial charge in [-0.1, -0.05) is 30.3 Å². The molecule has 1 unspecified atom stereocenters. The van der Waals surface area contributed by atoms with E-state index in [1.165, 1.54) is 0 Å². The molecule has 1 aromatic rings. The van der Waals surface area contributed by atoms with Crippen molar-refractivity contribution in [2.75, 3.05) is 45.9 Å². The number of nitrogens with zero attached hydrogens (tertiary/aromatic N) is 2. The highest BCUT2D eigenvalue weighted by molar-refractivity contribution is 5.97. The molecule has 1 atom stereocenters. The molecule has 2 N–H and O–H groups in total. The number of aliphatic hydroxyl groups excluding tert-OH is 2. The molecule has 5 heteroatoms. The van der Waals surface area contributed by atoms with Gasteiger partial charge in [-0.05, 0) is 0 Å². The summed E-state index contributed by atoms with van der Waals surface area (Å²) >= 11 is 0. The van der Waals surface area contributed by atoms with Crippen molar-refractivity contribution in [1.82, 2.24) is 9.80 Å². The van der Waals surface area contributed by atoms with Gasteiger partial charge in [0.1, 0.15) is 0 Å². The van der Waals surface area contributed by atoms with Gasteiger partial charge >= 0.3 is 0 Å². The standard InChI is InChI=1S/C15H22N2O3/c18-12-14(19)10-16-6-8-17(9-7-16)11-15(20)13-4-2-1-3-5-13/h1-5,14,18-19H,6-12H2. The van der Waals surface area contributed by atoms with E-state index in [-0.39, 0.29) is 12.4 Å². The van der Waals surface area contributed by atoms with Gasteiger partial charge in [0.2, 0.25) is 0 Å². The summed E-state index contributed by atoms with van der Waals surface area (Å²) in [5, 5.41) is 18.2. The normalized spacial score (nSPS) is 18.9. The molecular formula is C15H22N2O3. The lowest BCUT2D eigenvalue weighted by atomic mass is 10.1. The Hall–Kier alpha value is -1.27. The SMILES string of the molecule is O=C(CN1CCN(CC(O)CO)CC1)c1ccccc1. The maximum Gasteiger partial charge on any atom is 0.176 e. The Morgan fingerprint density at radius 1 is 1.10 bits per heavy atom. The number of hydrogen-bond acceptors (Lipinski definition) is 5. The molecule has 0 spiro atoms. The largest absolute Gasteiger partial charge is 0.394 e. The van der Waals surface area contributed by atoms with Crippen molar-refractivity contribution in [1.29, 1.82) is 0 Å². The van der Waals surface area contributed by atoms with Gasteiger partial charge in [0.05, 0.1) is 19.3 Å². The third-order valence-corrected chi connectivity index (χ3v) is 3.61. The van der Waals surface area contributed by atoms with Crippen LogP contribution in [-0.2, 0) is 0 Å². The predicted molar refractivity (Wildman–Crippen MR) is 76.7 cm³/mol. The minimum absolute atomic E-state index is 0.148. The number of ketones is 1. The van der Waals surface area contributed by atoms with Crippen LogP contribution < -0.4 is 0 Å². The van der Waals surface area contributed by atoms with Gasteiger partial charge in [-0.2, -0.15) is 0 Å². The first-order valence-electron chi connectivity index (χ1n) is 7.01. The molecule has 2 rings (SSSR count). The second kappa shape index (κ2) is 7.50. The van der Waals surface area contributed by atoms with Gasteiger partial charge in [0, 0.05) is 38.3 Å². The number of aliphatic hydroxyl groups is 2. The number of carbonyl (C=O) groups is 1. The Labute approximate surface area is 119 Å². The van der Waals surface area contributed by atoms with Crippen LogP contribution in [0, 0.1) is 0 Å². The van der Waals surface area contributed by atoms with Crippen molar-refractivity contribution in [3.63, 3.8) is 0 Å². The van der Waals surface area contributed by atoms with Crippen LogP contribution in [0.25, 0.3) is 0 Å². The summed E-state index contributed by atoms with van der Waals surface area (Å²) in [4.78, 5) is 16.3. The van der Waals surface area contributed by atoms with Crippen molar-refractivity contribution >= 4 is 5.78 Å². The quantitative estimate of drug-likeness (QED) is 0.708. The minimum Gasteiger partial charge on any atom is -0.394 e. The number of β-amino-alcohol motifs (C(OH)–C–C–N with tert-alkyl or cyclic N) is 1. The maximum atomic E-state index is 12.1. The van der Waals surface area contributed by atoms with Gasteiger partial charge in [0.15, 0.2) is 5.78 Å². The van der Waals surface area contributed by atoms with Crippen LogP contribution >= 0.6 is 0 Å². The van der Waals surface area contributed by atoms with Crippen LogP contribution in [0.4, 0.5) is 0 Å². The van der Waals surface area contributed by atoms with E-state index in [1.54, 1.807) is 0 Å². The average Bonchev–Trinajstić information content (AvgIpc) is 2.50. The summed E-state index contributed by atoms with van der Waals surface area (Å²) in [6.07, 6.45) is -0.674. The Morgan fingerprint density at radius 3 is 2.30 bits per heavy atom. The zero-order valence-corrected chi connectivity index (χ0v) is 11.6. The Balaban J connectivity index is 1.76. The van der Waals surface area contributed by atoms with E-state index in [0.717, 1.165) is 31.7 Å². The first-order chi connectivity index (χ1) is 9.69. The summed E-state index contributed by atoms with van der Waals surface area (Å²) in [6, 6.07) is 9.34. The van der Waals surface area contributed by atoms with Gasteiger partial charge in [0.25, 0.3) is 0 Å². The number of rotatable bonds is 6. The van der Waals surface area contributed by atoms with E-state index in [0.29, 0.717) is 13.1 Å². The third kappa shape index (κ3) is 4.38. The molecule has 0 aliphatic carbocycles. The van der Waals surface area contributed by atoms with Crippen LogP contribution in [0.15, 0.2) is 30.3 Å². The zero-order valence-electron chi connectivity index (χ0n) is 11.6. The van der Waals surface area contributed by atoms with Crippen LogP contribution in [0.3, 0.4) is 0 Å². The summed E-state index contributed by atoms with van der Waals surface area (Å²) in [5.74, 6) is 0.148. The number of benzene rings is 1. The zero-order chi connectivity index (χ0) is 14.4. The fraction of sp³-hybridized carbons (Fsp3) is 0.533. The Kier molecular flexibility index (Phi) is 5.67. The second-order valence-corrected chi connectivity index (χ2v) is 5.20. The second-order valence-electron chi connectivity index (χ2n) is 5.20. The lowest BCUT2D eigenvalue weighted by Crippen LogP contribution is -2.50. The molecule has 0 aromatic heterocycles. The molecule has 0 amide bonds. The van der Waals surface area contributed by atoms with E-state index in [4.69, 9.17) is 5.11 Å². The molecule has 0 radical (unpaired) electrons. The lowest BCUT2D eigenvalue weighted by Gasteiger charge is -2.35. The van der Waals surface area contributed by atoms with Crippen LogP contribution in [0.1, 0.15) is 10.4 Å². The van der Waals surface area contributed by atoms with Crippen molar-refractivity contribution < 1.29 is 15.0 Å². The van der Waals surface area contributed by atoms with E-state index in [9.17, 15) is 9.90 Å². The molecule has 1 heterocycles. The van der Waals surface area contributed by atoms with Crippen LogP contribution in [0.5, 0.6) is 0 Å². The van der Waals surface area contributed by atoms with E-state index in [2.05, 4.69) is 9.80 Å². The first-order valence-corrected chi connectivity index (χ1v) is 7.01. The summed E-state index contributed by atoms with van der Waals surface area (Å²) in [7, 11) is 0. The lowest BCUT2D eigenvalue weighted by molar-refractivity contribution is 0.0391. The van der Waals surface area contributed by atoms with Crippen LogP contribution in [0.2, 0.25) is 0 Å². The van der Waals surface area contributed by atoms with Crippen molar-refractivity contribution in [3.05, 3.63) is 35.9 Å². The molecule has 1 saturated heterocycles. The fourth-order valence-corrected chi connectivity index (χ4v) is 2.40. The smallest absolute Gasteiger partial charge is 0.176 e. The van der Waals surface area contributed by atoms with E-state index in [1.807, 2.05) is 30.3 Å². The number of hydrogen-bond donors (Lipinski definition) is 2. The molecule has 0 bridgehead atoms. The third-order valence-electron chi connectivity index (χ3n) is 3.61. The molecular weight excluding hydrogens is 256 g/mol. The maximum absolute atomic E-state index is 12.1. The highest BCUT2D eigenvalue weighted by Gasteiger charge is 2.20. The highest BCUT2D eigenvalue weighted by atomic mass is 16.3. The molecule has 1 aromatic carbocycles. The molecule has 20 heavy (non-hydrogen) atoms. The molecule has 5 nitrogen and oxygen atoms in total. The highest BCUT2D eigenvalue weighted by Crippen LogP contribution is 2.06. The van der Waals surface area contributed by atoms with Crippen molar-refractivity contribution in [3.8, 4) is 0 Å². The fourth-order valence-electron chi connectivity index (χ4n) is 2.40. The van der Waals surface area contributed by atoms with Gasteiger partial charge in [-0.3, -0.25) is 14.6 Å². The average molecular weight is 278 g/mol. The summed E-state index contributed by atoms with van der Waals surface area (Å²) in [5.41, 5.74) is 0.755. The number of Topliss-reactive ketones (excluding diaryl/α,β-unsaturated/α-hetero) is 1.